The fourth-order valence-electron chi connectivity index (χ4n) is 5.21. The molecule has 0 aliphatic carbocycles. The molecular weight excluding hydrogens is 450 g/mol. The Morgan fingerprint density at radius 1 is 1.09 bits per heavy atom. The van der Waals surface area contributed by atoms with Gasteiger partial charge in [-0.15, -0.1) is 0 Å². The molecule has 0 spiro atoms. The average Bonchev–Trinajstić information content (AvgIpc) is 3.29. The molecular formula is C26H38ClN5O2. The number of rotatable bonds is 8. The van der Waals surface area contributed by atoms with E-state index in [1.54, 1.807) is 0 Å². The van der Waals surface area contributed by atoms with Crippen molar-refractivity contribution >= 4 is 34.3 Å². The van der Waals surface area contributed by atoms with Gasteiger partial charge < -0.3 is 25.0 Å². The third-order valence-corrected chi connectivity index (χ3v) is 7.86. The number of likely N-dealkylation sites (tertiary alicyclic amines) is 1. The number of carbonyl (C=O) groups excluding carboxylic acids is 2. The minimum absolute atomic E-state index is 0.0163. The first-order valence-electron chi connectivity index (χ1n) is 12.7. The van der Waals surface area contributed by atoms with E-state index in [0.717, 1.165) is 76.0 Å². The molecule has 34 heavy (non-hydrogen) atoms. The Morgan fingerprint density at radius 2 is 1.79 bits per heavy atom. The Morgan fingerprint density at radius 3 is 2.50 bits per heavy atom. The number of nitrogens with one attached hydrogen (secondary N) is 2. The molecule has 2 fully saturated rings. The number of hydrogen-bond acceptors (Lipinski definition) is 4. The van der Waals surface area contributed by atoms with Crippen molar-refractivity contribution in [3.63, 3.8) is 0 Å². The molecule has 8 heteroatoms. The van der Waals surface area contributed by atoms with Gasteiger partial charge in [0.05, 0.1) is 0 Å². The Labute approximate surface area is 207 Å². The van der Waals surface area contributed by atoms with Crippen molar-refractivity contribution in [1.29, 1.82) is 0 Å². The third-order valence-electron chi connectivity index (χ3n) is 7.62. The zero-order valence-corrected chi connectivity index (χ0v) is 21.2. The van der Waals surface area contributed by atoms with Crippen molar-refractivity contribution in [3.8, 4) is 0 Å². The highest BCUT2D eigenvalue weighted by molar-refractivity contribution is 6.31. The average molecular weight is 488 g/mol. The van der Waals surface area contributed by atoms with Gasteiger partial charge in [-0.05, 0) is 62.5 Å². The number of H-pyrrole nitrogens is 1. The van der Waals surface area contributed by atoms with Gasteiger partial charge in [-0.1, -0.05) is 25.4 Å². The lowest BCUT2D eigenvalue weighted by Gasteiger charge is -2.34. The molecule has 2 aromatic rings. The third kappa shape index (κ3) is 6.12. The molecule has 7 nitrogen and oxygen atoms in total. The maximum absolute atomic E-state index is 13.0. The summed E-state index contributed by atoms with van der Waals surface area (Å²) in [5.74, 6) is 0.448. The van der Waals surface area contributed by atoms with Crippen LogP contribution in [0.5, 0.6) is 0 Å². The standard InChI is InChI=1S/C26H38ClN5O2/c1-3-30-13-15-31(16-14-30)10-4-9-28-25(33)19(2)20-7-11-32(12-8-20)26(34)24-18-21-17-22(27)5-6-23(21)29-24/h5-6,17-20,29H,3-4,7-16H2,1-2H3,(H,28,33)/t19-/m0/s1. The number of likely N-dealkylation sites (N-methyl/N-ethyl adjacent to an activating group) is 1. The molecule has 186 valence electrons. The number of piperazine rings is 1. The molecule has 1 atom stereocenters. The monoisotopic (exact) mass is 487 g/mol. The van der Waals surface area contributed by atoms with Crippen LogP contribution in [0.4, 0.5) is 0 Å². The summed E-state index contributed by atoms with van der Waals surface area (Å²) in [6.45, 7) is 13.1. The van der Waals surface area contributed by atoms with Crippen LogP contribution in [0.2, 0.25) is 5.02 Å². The molecule has 0 radical (unpaired) electrons. The van der Waals surface area contributed by atoms with Crippen LogP contribution in [0, 0.1) is 11.8 Å². The fourth-order valence-corrected chi connectivity index (χ4v) is 5.39. The van der Waals surface area contributed by atoms with E-state index < -0.39 is 0 Å². The molecule has 2 saturated heterocycles. The van der Waals surface area contributed by atoms with Crippen molar-refractivity contribution in [2.24, 2.45) is 11.8 Å². The molecule has 0 saturated carbocycles. The van der Waals surface area contributed by atoms with Crippen molar-refractivity contribution < 1.29 is 9.59 Å². The number of aromatic nitrogens is 1. The Hall–Kier alpha value is -2.09. The van der Waals surface area contributed by atoms with Crippen molar-refractivity contribution in [2.75, 3.05) is 58.9 Å². The number of aromatic amines is 1. The highest BCUT2D eigenvalue weighted by Crippen LogP contribution is 2.27. The van der Waals surface area contributed by atoms with Gasteiger partial charge in [-0.2, -0.15) is 0 Å². The number of hydrogen-bond donors (Lipinski definition) is 2. The lowest BCUT2D eigenvalue weighted by Crippen LogP contribution is -2.47. The van der Waals surface area contributed by atoms with E-state index in [0.29, 0.717) is 29.7 Å². The summed E-state index contributed by atoms with van der Waals surface area (Å²) in [6.07, 6.45) is 2.70. The number of carbonyl (C=O) groups is 2. The predicted molar refractivity (Wildman–Crippen MR) is 137 cm³/mol. The molecule has 1 aromatic heterocycles. The van der Waals surface area contributed by atoms with Gasteiger partial charge in [0, 0.05) is 67.7 Å². The van der Waals surface area contributed by atoms with Gasteiger partial charge in [0.2, 0.25) is 5.91 Å². The van der Waals surface area contributed by atoms with Gasteiger partial charge in [0.1, 0.15) is 5.69 Å². The summed E-state index contributed by atoms with van der Waals surface area (Å²) in [5.41, 5.74) is 1.51. The van der Waals surface area contributed by atoms with Gasteiger partial charge in [0.25, 0.3) is 5.91 Å². The molecule has 2 amide bonds. The lowest BCUT2D eigenvalue weighted by atomic mass is 9.84. The molecule has 0 unspecified atom stereocenters. The Kier molecular flexibility index (Phi) is 8.51. The van der Waals surface area contributed by atoms with Crippen LogP contribution in [0.25, 0.3) is 10.9 Å². The van der Waals surface area contributed by atoms with E-state index in [1.165, 1.54) is 0 Å². The second kappa shape index (κ2) is 11.6. The number of halogens is 1. The molecule has 2 aliphatic heterocycles. The lowest BCUT2D eigenvalue weighted by molar-refractivity contribution is -0.126. The largest absolute Gasteiger partial charge is 0.356 e. The first-order chi connectivity index (χ1) is 16.4. The van der Waals surface area contributed by atoms with Gasteiger partial charge in [-0.3, -0.25) is 9.59 Å². The van der Waals surface area contributed by atoms with Crippen LogP contribution < -0.4 is 5.32 Å². The molecule has 0 bridgehead atoms. The molecule has 3 heterocycles. The van der Waals surface area contributed by atoms with E-state index in [-0.39, 0.29) is 17.7 Å². The predicted octanol–water partition coefficient (Wildman–Crippen LogP) is 3.45. The van der Waals surface area contributed by atoms with Crippen LogP contribution in [-0.2, 0) is 4.79 Å². The van der Waals surface area contributed by atoms with Gasteiger partial charge in [0.15, 0.2) is 0 Å². The number of benzene rings is 1. The van der Waals surface area contributed by atoms with Crippen molar-refractivity contribution in [3.05, 3.63) is 35.0 Å². The van der Waals surface area contributed by atoms with Gasteiger partial charge >= 0.3 is 0 Å². The molecule has 4 rings (SSSR count). The highest BCUT2D eigenvalue weighted by atomic mass is 35.5. The van der Waals surface area contributed by atoms with Crippen LogP contribution >= 0.6 is 11.6 Å². The summed E-state index contributed by atoms with van der Waals surface area (Å²) >= 11 is 6.07. The Balaban J connectivity index is 1.17. The topological polar surface area (TPSA) is 71.7 Å². The molecule has 1 aromatic carbocycles. The zero-order chi connectivity index (χ0) is 24.1. The van der Waals surface area contributed by atoms with E-state index >= 15 is 0 Å². The summed E-state index contributed by atoms with van der Waals surface area (Å²) in [4.78, 5) is 35.8. The number of amides is 2. The van der Waals surface area contributed by atoms with Gasteiger partial charge in [-0.25, -0.2) is 0 Å². The van der Waals surface area contributed by atoms with Crippen LogP contribution in [-0.4, -0.2) is 90.4 Å². The van der Waals surface area contributed by atoms with E-state index in [4.69, 9.17) is 11.6 Å². The summed E-state index contributed by atoms with van der Waals surface area (Å²) in [7, 11) is 0. The molecule has 2 N–H and O–H groups in total. The maximum Gasteiger partial charge on any atom is 0.270 e. The minimum atomic E-state index is -0.0273. The fraction of sp³-hybridized carbons (Fsp3) is 0.615. The van der Waals surface area contributed by atoms with Crippen LogP contribution in [0.15, 0.2) is 24.3 Å². The summed E-state index contributed by atoms with van der Waals surface area (Å²) in [6, 6.07) is 7.45. The van der Waals surface area contributed by atoms with E-state index in [1.807, 2.05) is 36.1 Å². The number of piperidine rings is 1. The van der Waals surface area contributed by atoms with Crippen LogP contribution in [0.3, 0.4) is 0 Å². The number of fused-ring (bicyclic) bond motifs is 1. The second-order valence-electron chi connectivity index (χ2n) is 9.75. The zero-order valence-electron chi connectivity index (χ0n) is 20.5. The summed E-state index contributed by atoms with van der Waals surface area (Å²) < 4.78 is 0. The Bertz CT molecular complexity index is 977. The second-order valence-corrected chi connectivity index (χ2v) is 10.2. The first-order valence-corrected chi connectivity index (χ1v) is 13.1. The maximum atomic E-state index is 13.0. The highest BCUT2D eigenvalue weighted by Gasteiger charge is 2.30. The normalized spacial score (nSPS) is 19.4. The minimum Gasteiger partial charge on any atom is -0.356 e. The number of nitrogens with zero attached hydrogens (tertiary/aromatic N) is 3. The first kappa shape index (κ1) is 25.0. The SMILES string of the molecule is CCN1CCN(CCCNC(=O)[C@@H](C)C2CCN(C(=O)c3cc4cc(Cl)ccc4[nH]3)CC2)CC1. The van der Waals surface area contributed by atoms with Crippen molar-refractivity contribution in [2.45, 2.75) is 33.1 Å². The van der Waals surface area contributed by atoms with E-state index in [2.05, 4.69) is 27.0 Å². The molecule has 2 aliphatic rings. The smallest absolute Gasteiger partial charge is 0.270 e. The summed E-state index contributed by atoms with van der Waals surface area (Å²) in [5, 5.41) is 4.75. The van der Waals surface area contributed by atoms with Crippen molar-refractivity contribution in [1.82, 2.24) is 25.0 Å². The quantitative estimate of drug-likeness (QED) is 0.559. The van der Waals surface area contributed by atoms with Crippen LogP contribution in [0.1, 0.15) is 43.6 Å². The van der Waals surface area contributed by atoms with E-state index in [9.17, 15) is 9.59 Å².